The zero-order valence-corrected chi connectivity index (χ0v) is 9.66. The highest BCUT2D eigenvalue weighted by atomic mass is 15.3. The van der Waals surface area contributed by atoms with Gasteiger partial charge in [0.2, 0.25) is 0 Å². The van der Waals surface area contributed by atoms with E-state index in [4.69, 9.17) is 5.73 Å². The normalized spacial score (nSPS) is 39.6. The molecular weight excluding hydrogens is 174 g/mol. The minimum atomic E-state index is 0.259. The lowest BCUT2D eigenvalue weighted by Crippen LogP contribution is -2.54. The van der Waals surface area contributed by atoms with Crippen LogP contribution in [-0.4, -0.2) is 54.6 Å². The molecule has 2 rings (SSSR count). The van der Waals surface area contributed by atoms with Crippen molar-refractivity contribution in [3.8, 4) is 0 Å². The molecule has 0 bridgehead atoms. The van der Waals surface area contributed by atoms with Crippen LogP contribution in [0.25, 0.3) is 0 Å². The monoisotopic (exact) mass is 197 g/mol. The Morgan fingerprint density at radius 2 is 2.14 bits per heavy atom. The molecule has 14 heavy (non-hydrogen) atoms. The van der Waals surface area contributed by atoms with Gasteiger partial charge in [0.25, 0.3) is 0 Å². The maximum absolute atomic E-state index is 5.99. The van der Waals surface area contributed by atoms with Gasteiger partial charge in [-0.2, -0.15) is 0 Å². The van der Waals surface area contributed by atoms with Crippen molar-refractivity contribution in [2.24, 2.45) is 5.73 Å². The van der Waals surface area contributed by atoms with E-state index in [0.717, 1.165) is 19.1 Å². The van der Waals surface area contributed by atoms with Gasteiger partial charge in [0.1, 0.15) is 0 Å². The number of likely N-dealkylation sites (tertiary alicyclic amines) is 1. The quantitative estimate of drug-likeness (QED) is 0.715. The van der Waals surface area contributed by atoms with E-state index in [1.165, 1.54) is 19.3 Å². The molecule has 0 aromatic carbocycles. The minimum Gasteiger partial charge on any atom is -0.329 e. The molecule has 82 valence electrons. The third kappa shape index (κ3) is 1.58. The standard InChI is InChI=1S/C11H23N3/c1-9-6-11(7-12,8-13(9)2)14(3)10-4-5-10/h9-10H,4-8,12H2,1-3H3. The first-order chi connectivity index (χ1) is 6.59. The first-order valence-electron chi connectivity index (χ1n) is 5.72. The predicted molar refractivity (Wildman–Crippen MR) is 59.3 cm³/mol. The average molecular weight is 197 g/mol. The zero-order chi connectivity index (χ0) is 10.3. The van der Waals surface area contributed by atoms with Gasteiger partial charge >= 0.3 is 0 Å². The summed E-state index contributed by atoms with van der Waals surface area (Å²) >= 11 is 0. The third-order valence-corrected chi connectivity index (χ3v) is 4.19. The Hall–Kier alpha value is -0.120. The number of likely N-dealkylation sites (N-methyl/N-ethyl adjacent to an activating group) is 2. The van der Waals surface area contributed by atoms with Crippen molar-refractivity contribution in [3.05, 3.63) is 0 Å². The summed E-state index contributed by atoms with van der Waals surface area (Å²) < 4.78 is 0. The molecule has 2 fully saturated rings. The first-order valence-corrected chi connectivity index (χ1v) is 5.72. The summed E-state index contributed by atoms with van der Waals surface area (Å²) in [5.74, 6) is 0. The number of nitrogens with zero attached hydrogens (tertiary/aromatic N) is 2. The molecule has 1 aliphatic heterocycles. The van der Waals surface area contributed by atoms with Crippen LogP contribution in [0.1, 0.15) is 26.2 Å². The number of nitrogens with two attached hydrogens (primary N) is 1. The lowest BCUT2D eigenvalue weighted by atomic mass is 9.94. The van der Waals surface area contributed by atoms with Crippen molar-refractivity contribution in [1.29, 1.82) is 0 Å². The Labute approximate surface area is 87.2 Å². The fraction of sp³-hybridized carbons (Fsp3) is 1.00. The topological polar surface area (TPSA) is 32.5 Å². The first kappa shape index (κ1) is 10.4. The van der Waals surface area contributed by atoms with E-state index >= 15 is 0 Å². The second-order valence-corrected chi connectivity index (χ2v) is 5.24. The summed E-state index contributed by atoms with van der Waals surface area (Å²) in [5.41, 5.74) is 6.25. The van der Waals surface area contributed by atoms with Crippen molar-refractivity contribution in [2.75, 3.05) is 27.2 Å². The molecule has 2 atom stereocenters. The molecule has 2 N–H and O–H groups in total. The molecule has 1 aliphatic carbocycles. The lowest BCUT2D eigenvalue weighted by molar-refractivity contribution is 0.125. The molecule has 3 heteroatoms. The van der Waals surface area contributed by atoms with Gasteiger partial charge in [0.05, 0.1) is 0 Å². The second kappa shape index (κ2) is 3.47. The molecule has 1 saturated carbocycles. The van der Waals surface area contributed by atoms with E-state index in [2.05, 4.69) is 30.8 Å². The summed E-state index contributed by atoms with van der Waals surface area (Å²) in [5, 5.41) is 0. The van der Waals surface area contributed by atoms with Gasteiger partial charge in [-0.15, -0.1) is 0 Å². The molecule has 1 heterocycles. The van der Waals surface area contributed by atoms with Gasteiger partial charge in [-0.25, -0.2) is 0 Å². The van der Waals surface area contributed by atoms with Crippen molar-refractivity contribution in [3.63, 3.8) is 0 Å². The van der Waals surface area contributed by atoms with E-state index in [9.17, 15) is 0 Å². The fourth-order valence-electron chi connectivity index (χ4n) is 2.79. The maximum atomic E-state index is 5.99. The summed E-state index contributed by atoms with van der Waals surface area (Å²) in [6.45, 7) is 4.24. The number of hydrogen-bond acceptors (Lipinski definition) is 3. The van der Waals surface area contributed by atoms with E-state index in [1.54, 1.807) is 0 Å². The van der Waals surface area contributed by atoms with Crippen LogP contribution in [-0.2, 0) is 0 Å². The van der Waals surface area contributed by atoms with Crippen LogP contribution in [0.4, 0.5) is 0 Å². The molecule has 0 aromatic heterocycles. The molecule has 0 spiro atoms. The van der Waals surface area contributed by atoms with Gasteiger partial charge in [-0.05, 0) is 40.3 Å². The Morgan fingerprint density at radius 1 is 1.50 bits per heavy atom. The van der Waals surface area contributed by atoms with Crippen LogP contribution < -0.4 is 5.73 Å². The minimum absolute atomic E-state index is 0.259. The third-order valence-electron chi connectivity index (χ3n) is 4.19. The highest BCUT2D eigenvalue weighted by Crippen LogP contribution is 2.37. The molecule has 3 nitrogen and oxygen atoms in total. The lowest BCUT2D eigenvalue weighted by Gasteiger charge is -2.38. The highest BCUT2D eigenvalue weighted by Gasteiger charge is 2.46. The SMILES string of the molecule is CC1CC(CN)(N(C)C2CC2)CN1C. The Bertz CT molecular complexity index is 203. The molecule has 0 radical (unpaired) electrons. The van der Waals surface area contributed by atoms with Crippen molar-refractivity contribution in [1.82, 2.24) is 9.80 Å². The second-order valence-electron chi connectivity index (χ2n) is 5.24. The molecule has 2 unspecified atom stereocenters. The Balaban J connectivity index is 2.09. The van der Waals surface area contributed by atoms with E-state index in [-0.39, 0.29) is 5.54 Å². The highest BCUT2D eigenvalue weighted by molar-refractivity contribution is 5.05. The van der Waals surface area contributed by atoms with Crippen molar-refractivity contribution >= 4 is 0 Å². The fourth-order valence-corrected chi connectivity index (χ4v) is 2.79. The van der Waals surface area contributed by atoms with E-state index in [1.807, 2.05) is 0 Å². The van der Waals surface area contributed by atoms with Gasteiger partial charge in [-0.3, -0.25) is 4.90 Å². The molecular formula is C11H23N3. The predicted octanol–water partition coefficient (Wildman–Crippen LogP) is 0.502. The van der Waals surface area contributed by atoms with Gasteiger partial charge in [0, 0.05) is 30.7 Å². The van der Waals surface area contributed by atoms with Crippen LogP contribution in [0.5, 0.6) is 0 Å². The molecule has 0 aromatic rings. The number of hydrogen-bond donors (Lipinski definition) is 1. The molecule has 1 saturated heterocycles. The van der Waals surface area contributed by atoms with Crippen molar-refractivity contribution < 1.29 is 0 Å². The van der Waals surface area contributed by atoms with Gasteiger partial charge in [-0.1, -0.05) is 0 Å². The summed E-state index contributed by atoms with van der Waals surface area (Å²) in [7, 11) is 4.47. The van der Waals surface area contributed by atoms with Gasteiger partial charge < -0.3 is 10.6 Å². The van der Waals surface area contributed by atoms with Crippen molar-refractivity contribution in [2.45, 2.75) is 43.8 Å². The summed E-state index contributed by atoms with van der Waals surface area (Å²) in [6, 6.07) is 1.50. The Kier molecular flexibility index (Phi) is 2.58. The van der Waals surface area contributed by atoms with E-state index in [0.29, 0.717) is 6.04 Å². The summed E-state index contributed by atoms with van der Waals surface area (Å²) in [4.78, 5) is 4.98. The molecule has 2 aliphatic rings. The number of rotatable bonds is 3. The largest absolute Gasteiger partial charge is 0.329 e. The summed E-state index contributed by atoms with van der Waals surface area (Å²) in [6.07, 6.45) is 3.97. The maximum Gasteiger partial charge on any atom is 0.0473 e. The molecule has 0 amide bonds. The van der Waals surface area contributed by atoms with E-state index < -0.39 is 0 Å². The smallest absolute Gasteiger partial charge is 0.0473 e. The zero-order valence-electron chi connectivity index (χ0n) is 9.66. The van der Waals surface area contributed by atoms with Crippen LogP contribution in [0, 0.1) is 0 Å². The Morgan fingerprint density at radius 3 is 2.50 bits per heavy atom. The van der Waals surface area contributed by atoms with Crippen LogP contribution in [0.2, 0.25) is 0 Å². The van der Waals surface area contributed by atoms with Crippen LogP contribution in [0.3, 0.4) is 0 Å². The van der Waals surface area contributed by atoms with Crippen LogP contribution >= 0.6 is 0 Å². The average Bonchev–Trinajstić information content (AvgIpc) is 2.94. The van der Waals surface area contributed by atoms with Gasteiger partial charge in [0.15, 0.2) is 0 Å². The van der Waals surface area contributed by atoms with Crippen LogP contribution in [0.15, 0.2) is 0 Å².